The van der Waals surface area contributed by atoms with Crippen molar-refractivity contribution in [2.75, 3.05) is 12.4 Å². The number of ether oxygens (including phenoxy) is 1. The van der Waals surface area contributed by atoms with Gasteiger partial charge in [-0.3, -0.25) is 0 Å². The van der Waals surface area contributed by atoms with Gasteiger partial charge in [0, 0.05) is 11.1 Å². The Kier molecular flexibility index (Phi) is 3.69. The normalized spacial score (nSPS) is 23.3. The zero-order chi connectivity index (χ0) is 15.7. The molecule has 2 radical (unpaired) electrons. The summed E-state index contributed by atoms with van der Waals surface area (Å²) in [6.45, 7) is 2.15. The van der Waals surface area contributed by atoms with E-state index in [1.165, 1.54) is 7.11 Å². The summed E-state index contributed by atoms with van der Waals surface area (Å²) in [6, 6.07) is 15.6. The van der Waals surface area contributed by atoms with E-state index in [2.05, 4.69) is 24.4 Å². The Morgan fingerprint density at radius 2 is 2.00 bits per heavy atom. The van der Waals surface area contributed by atoms with Gasteiger partial charge < -0.3 is 10.1 Å². The molecule has 2 aromatic carbocycles. The fourth-order valence-corrected chi connectivity index (χ4v) is 3.27. The van der Waals surface area contributed by atoms with Crippen LogP contribution in [0, 0.1) is 0 Å². The lowest BCUT2D eigenvalue weighted by molar-refractivity contribution is -0.142. The van der Waals surface area contributed by atoms with Crippen molar-refractivity contribution in [1.82, 2.24) is 0 Å². The van der Waals surface area contributed by atoms with Crippen molar-refractivity contribution >= 4 is 25.0 Å². The quantitative estimate of drug-likeness (QED) is 0.680. The minimum absolute atomic E-state index is 0.246. The van der Waals surface area contributed by atoms with Crippen LogP contribution in [0.3, 0.4) is 0 Å². The fraction of sp³-hybridized carbons (Fsp3) is 0.278. The third-order valence-corrected chi connectivity index (χ3v) is 4.48. The molecule has 1 N–H and O–H groups in total. The first-order valence-corrected chi connectivity index (χ1v) is 7.34. The molecule has 0 saturated heterocycles. The fourth-order valence-electron chi connectivity index (χ4n) is 3.27. The maximum Gasteiger partial charge on any atom is 0.328 e. The lowest BCUT2D eigenvalue weighted by atomic mass is 9.68. The second-order valence-electron chi connectivity index (χ2n) is 5.93. The monoisotopic (exact) mass is 291 g/mol. The smallest absolute Gasteiger partial charge is 0.328 e. The molecule has 2 unspecified atom stereocenters. The van der Waals surface area contributed by atoms with Gasteiger partial charge in [0.25, 0.3) is 0 Å². The molecule has 22 heavy (non-hydrogen) atoms. The predicted molar refractivity (Wildman–Crippen MR) is 88.8 cm³/mol. The molecule has 1 aliphatic heterocycles. The summed E-state index contributed by atoms with van der Waals surface area (Å²) < 4.78 is 4.93. The van der Waals surface area contributed by atoms with E-state index in [-0.39, 0.29) is 17.4 Å². The molecule has 0 fully saturated rings. The molecule has 0 bridgehead atoms. The van der Waals surface area contributed by atoms with Crippen LogP contribution >= 0.6 is 0 Å². The SMILES string of the molecule is [B]c1ccc2c(c1)C(C)(c1ccccc1)CC(C(=O)OC)N2. The molecule has 0 saturated carbocycles. The molecule has 3 rings (SSSR count). The van der Waals surface area contributed by atoms with E-state index < -0.39 is 0 Å². The molecule has 2 aromatic rings. The summed E-state index contributed by atoms with van der Waals surface area (Å²) in [6.07, 6.45) is 0.625. The first kappa shape index (κ1) is 14.7. The topological polar surface area (TPSA) is 38.3 Å². The van der Waals surface area contributed by atoms with Crippen LogP contribution in [0.2, 0.25) is 0 Å². The largest absolute Gasteiger partial charge is 0.467 e. The average Bonchev–Trinajstić information content (AvgIpc) is 2.55. The van der Waals surface area contributed by atoms with E-state index in [0.717, 1.165) is 22.3 Å². The lowest BCUT2D eigenvalue weighted by Crippen LogP contribution is -2.44. The van der Waals surface area contributed by atoms with Crippen LogP contribution in [-0.2, 0) is 14.9 Å². The predicted octanol–water partition coefficient (Wildman–Crippen LogP) is 2.14. The number of esters is 1. The first-order valence-electron chi connectivity index (χ1n) is 7.34. The highest BCUT2D eigenvalue weighted by atomic mass is 16.5. The zero-order valence-corrected chi connectivity index (χ0v) is 12.8. The Morgan fingerprint density at radius 3 is 2.68 bits per heavy atom. The molecule has 2 atom stereocenters. The minimum atomic E-state index is -0.369. The van der Waals surface area contributed by atoms with E-state index >= 15 is 0 Å². The summed E-state index contributed by atoms with van der Waals surface area (Å²) in [4.78, 5) is 12.1. The third-order valence-electron chi connectivity index (χ3n) is 4.48. The number of hydrogen-bond donors (Lipinski definition) is 1. The van der Waals surface area contributed by atoms with Crippen molar-refractivity contribution in [3.63, 3.8) is 0 Å². The summed E-state index contributed by atoms with van der Waals surface area (Å²) in [7, 11) is 7.40. The summed E-state index contributed by atoms with van der Waals surface area (Å²) in [5.74, 6) is -0.246. The van der Waals surface area contributed by atoms with Crippen LogP contribution < -0.4 is 10.8 Å². The molecule has 0 aromatic heterocycles. The Balaban J connectivity index is 2.15. The maximum atomic E-state index is 12.1. The van der Waals surface area contributed by atoms with E-state index in [4.69, 9.17) is 12.6 Å². The average molecular weight is 291 g/mol. The third kappa shape index (κ3) is 2.39. The Morgan fingerprint density at radius 1 is 1.27 bits per heavy atom. The number of nitrogens with one attached hydrogen (secondary N) is 1. The van der Waals surface area contributed by atoms with E-state index in [9.17, 15) is 4.79 Å². The Labute approximate surface area is 132 Å². The van der Waals surface area contributed by atoms with Crippen LogP contribution in [0.15, 0.2) is 48.5 Å². The molecule has 110 valence electrons. The van der Waals surface area contributed by atoms with E-state index in [0.29, 0.717) is 6.42 Å². The van der Waals surface area contributed by atoms with E-state index in [1.807, 2.05) is 36.4 Å². The number of anilines is 1. The second kappa shape index (κ2) is 5.52. The lowest BCUT2D eigenvalue weighted by Gasteiger charge is -2.40. The van der Waals surface area contributed by atoms with Gasteiger partial charge in [-0.25, -0.2) is 4.79 Å². The van der Waals surface area contributed by atoms with Gasteiger partial charge in [0.2, 0.25) is 0 Å². The number of methoxy groups -OCH3 is 1. The molecule has 4 heteroatoms. The van der Waals surface area contributed by atoms with Crippen molar-refractivity contribution in [3.05, 3.63) is 59.7 Å². The van der Waals surface area contributed by atoms with Gasteiger partial charge in [0.15, 0.2) is 0 Å². The van der Waals surface area contributed by atoms with Crippen molar-refractivity contribution in [1.29, 1.82) is 0 Å². The molecular weight excluding hydrogens is 273 g/mol. The van der Waals surface area contributed by atoms with Gasteiger partial charge in [-0.15, -0.1) is 0 Å². The number of carbonyl (C=O) groups excluding carboxylic acids is 1. The standard InChI is InChI=1S/C18H18BNO2/c1-18(12-6-4-3-5-7-12)11-16(17(21)22-2)20-15-9-8-13(19)10-14(15)18/h3-10,16,20H,11H2,1-2H3. The molecule has 3 nitrogen and oxygen atoms in total. The van der Waals surface area contributed by atoms with Crippen LogP contribution in [0.5, 0.6) is 0 Å². The highest BCUT2D eigenvalue weighted by molar-refractivity contribution is 6.32. The highest BCUT2D eigenvalue weighted by Crippen LogP contribution is 2.43. The van der Waals surface area contributed by atoms with Gasteiger partial charge in [-0.2, -0.15) is 0 Å². The van der Waals surface area contributed by atoms with Crippen molar-refractivity contribution in [2.24, 2.45) is 0 Å². The number of fused-ring (bicyclic) bond motifs is 1. The van der Waals surface area contributed by atoms with Gasteiger partial charge in [-0.1, -0.05) is 54.9 Å². The van der Waals surface area contributed by atoms with Crippen molar-refractivity contribution in [2.45, 2.75) is 24.8 Å². The van der Waals surface area contributed by atoms with Crippen LogP contribution in [0.25, 0.3) is 0 Å². The maximum absolute atomic E-state index is 12.1. The van der Waals surface area contributed by atoms with E-state index in [1.54, 1.807) is 0 Å². The Hall–Kier alpha value is -2.23. The molecule has 1 aliphatic rings. The molecule has 0 spiro atoms. The molecular formula is C18H18BNO2. The van der Waals surface area contributed by atoms with Crippen LogP contribution in [0.1, 0.15) is 24.5 Å². The first-order chi connectivity index (χ1) is 10.5. The van der Waals surface area contributed by atoms with Crippen LogP contribution in [0.4, 0.5) is 5.69 Å². The number of rotatable bonds is 2. The van der Waals surface area contributed by atoms with Gasteiger partial charge >= 0.3 is 5.97 Å². The van der Waals surface area contributed by atoms with Crippen molar-refractivity contribution < 1.29 is 9.53 Å². The summed E-state index contributed by atoms with van der Waals surface area (Å²) >= 11 is 0. The van der Waals surface area contributed by atoms with Crippen LogP contribution in [-0.4, -0.2) is 27.0 Å². The number of carbonyl (C=O) groups is 1. The molecule has 1 heterocycles. The Bertz CT molecular complexity index is 701. The van der Waals surface area contributed by atoms with Gasteiger partial charge in [-0.05, 0) is 23.6 Å². The number of benzene rings is 2. The van der Waals surface area contributed by atoms with Gasteiger partial charge in [0.1, 0.15) is 13.9 Å². The van der Waals surface area contributed by atoms with Crippen molar-refractivity contribution in [3.8, 4) is 0 Å². The molecule has 0 aliphatic carbocycles. The summed E-state index contributed by atoms with van der Waals surface area (Å²) in [5, 5.41) is 3.27. The van der Waals surface area contributed by atoms with Gasteiger partial charge in [0.05, 0.1) is 7.11 Å². The zero-order valence-electron chi connectivity index (χ0n) is 12.8. The number of hydrogen-bond acceptors (Lipinski definition) is 3. The highest BCUT2D eigenvalue weighted by Gasteiger charge is 2.40. The molecule has 0 amide bonds. The summed E-state index contributed by atoms with van der Waals surface area (Å²) in [5.41, 5.74) is 3.63. The minimum Gasteiger partial charge on any atom is -0.467 e. The second-order valence-corrected chi connectivity index (χ2v) is 5.93.